The van der Waals surface area contributed by atoms with Crippen LogP contribution in [-0.4, -0.2) is 16.0 Å². The van der Waals surface area contributed by atoms with Crippen molar-refractivity contribution in [2.75, 3.05) is 5.32 Å². The van der Waals surface area contributed by atoms with Crippen molar-refractivity contribution in [3.8, 4) is 0 Å². The van der Waals surface area contributed by atoms with E-state index < -0.39 is 10.9 Å². The number of carbonyl (C=O) groups is 1. The second-order valence-corrected chi connectivity index (χ2v) is 4.95. The fourth-order valence-corrected chi connectivity index (χ4v) is 2.41. The molecule has 3 aromatic rings. The molecule has 0 aliphatic carbocycles. The van der Waals surface area contributed by atoms with Gasteiger partial charge >= 0.3 is 5.97 Å². The van der Waals surface area contributed by atoms with E-state index in [4.69, 9.17) is 0 Å². The highest BCUT2D eigenvalue weighted by Crippen LogP contribution is 2.32. The fraction of sp³-hybridized carbons (Fsp3) is 0. The maximum atomic E-state index is 11.3. The molecule has 0 spiro atoms. The standard InChI is InChI=1S/C17H12N2O4/c20-17(21)14-6-3-7-15(19(22)23)16(14)18-13-9-8-11-4-1-2-5-12(11)10-13/h1-10,18H,(H,20,21). The van der Waals surface area contributed by atoms with Gasteiger partial charge in [0.15, 0.2) is 0 Å². The molecule has 0 aromatic heterocycles. The van der Waals surface area contributed by atoms with Gasteiger partial charge in [-0.1, -0.05) is 36.4 Å². The number of rotatable bonds is 4. The number of hydrogen-bond acceptors (Lipinski definition) is 4. The van der Waals surface area contributed by atoms with E-state index in [1.165, 1.54) is 18.2 Å². The van der Waals surface area contributed by atoms with Crippen molar-refractivity contribution in [2.45, 2.75) is 0 Å². The molecule has 114 valence electrons. The van der Waals surface area contributed by atoms with Crippen LogP contribution in [0.2, 0.25) is 0 Å². The van der Waals surface area contributed by atoms with E-state index in [9.17, 15) is 20.0 Å². The highest BCUT2D eigenvalue weighted by molar-refractivity contribution is 5.98. The number of carboxylic acids is 1. The number of nitro benzene ring substituents is 1. The molecule has 2 N–H and O–H groups in total. The fourth-order valence-electron chi connectivity index (χ4n) is 2.41. The summed E-state index contributed by atoms with van der Waals surface area (Å²) in [6.07, 6.45) is 0. The average molecular weight is 308 g/mol. The third kappa shape index (κ3) is 2.82. The molecule has 3 aromatic carbocycles. The Morgan fingerprint density at radius 1 is 1.00 bits per heavy atom. The average Bonchev–Trinajstić information content (AvgIpc) is 2.54. The van der Waals surface area contributed by atoms with Crippen molar-refractivity contribution in [3.05, 3.63) is 76.3 Å². The van der Waals surface area contributed by atoms with Crippen molar-refractivity contribution in [3.63, 3.8) is 0 Å². The van der Waals surface area contributed by atoms with E-state index in [2.05, 4.69) is 5.32 Å². The molecule has 0 unspecified atom stereocenters. The second kappa shape index (κ2) is 5.76. The van der Waals surface area contributed by atoms with Gasteiger partial charge in [0.1, 0.15) is 5.69 Å². The Hall–Kier alpha value is -3.41. The smallest absolute Gasteiger partial charge is 0.338 e. The minimum Gasteiger partial charge on any atom is -0.478 e. The molecule has 0 atom stereocenters. The molecular formula is C17H12N2O4. The van der Waals surface area contributed by atoms with E-state index in [0.29, 0.717) is 5.69 Å². The van der Waals surface area contributed by atoms with Gasteiger partial charge in [-0.3, -0.25) is 10.1 Å². The second-order valence-electron chi connectivity index (χ2n) is 4.95. The molecule has 6 nitrogen and oxygen atoms in total. The molecule has 6 heteroatoms. The molecule has 0 saturated heterocycles. The lowest BCUT2D eigenvalue weighted by Gasteiger charge is -2.11. The summed E-state index contributed by atoms with van der Waals surface area (Å²) >= 11 is 0. The Balaban J connectivity index is 2.10. The monoisotopic (exact) mass is 308 g/mol. The Morgan fingerprint density at radius 3 is 2.43 bits per heavy atom. The molecule has 0 radical (unpaired) electrons. The van der Waals surface area contributed by atoms with Gasteiger partial charge in [0.25, 0.3) is 5.69 Å². The van der Waals surface area contributed by atoms with Crippen LogP contribution in [0.4, 0.5) is 17.1 Å². The number of hydrogen-bond donors (Lipinski definition) is 2. The van der Waals surface area contributed by atoms with Gasteiger partial charge in [-0.05, 0) is 29.0 Å². The summed E-state index contributed by atoms with van der Waals surface area (Å²) in [6.45, 7) is 0. The first-order chi connectivity index (χ1) is 11.1. The van der Waals surface area contributed by atoms with E-state index in [1.54, 1.807) is 6.07 Å². The highest BCUT2D eigenvalue weighted by atomic mass is 16.6. The highest BCUT2D eigenvalue weighted by Gasteiger charge is 2.21. The summed E-state index contributed by atoms with van der Waals surface area (Å²) in [5.41, 5.74) is 0.131. The number of nitrogens with zero attached hydrogens (tertiary/aromatic N) is 1. The molecule has 0 amide bonds. The zero-order valence-electron chi connectivity index (χ0n) is 11.9. The first kappa shape index (κ1) is 14.5. The van der Waals surface area contributed by atoms with Crippen molar-refractivity contribution in [1.29, 1.82) is 0 Å². The van der Waals surface area contributed by atoms with Gasteiger partial charge in [0.05, 0.1) is 10.5 Å². The number of carboxylic acid groups (broad SMARTS) is 1. The predicted molar refractivity (Wildman–Crippen MR) is 87.3 cm³/mol. The summed E-state index contributed by atoms with van der Waals surface area (Å²) in [5.74, 6) is -1.23. The topological polar surface area (TPSA) is 92.5 Å². The van der Waals surface area contributed by atoms with Crippen LogP contribution >= 0.6 is 0 Å². The molecule has 0 fully saturated rings. The Kier molecular flexibility index (Phi) is 3.64. The van der Waals surface area contributed by atoms with Crippen molar-refractivity contribution < 1.29 is 14.8 Å². The number of aromatic carboxylic acids is 1. The summed E-state index contributed by atoms with van der Waals surface area (Å²) in [6, 6.07) is 17.1. The van der Waals surface area contributed by atoms with E-state index in [1.807, 2.05) is 36.4 Å². The molecule has 0 aliphatic rings. The Morgan fingerprint density at radius 2 is 1.74 bits per heavy atom. The number of nitrogens with one attached hydrogen (secondary N) is 1. The maximum Gasteiger partial charge on any atom is 0.338 e. The molecule has 3 rings (SSSR count). The van der Waals surface area contributed by atoms with Crippen LogP contribution < -0.4 is 5.32 Å². The molecule has 0 heterocycles. The number of anilines is 2. The third-order valence-corrected chi connectivity index (χ3v) is 3.49. The molecule has 0 saturated carbocycles. The third-order valence-electron chi connectivity index (χ3n) is 3.49. The van der Waals surface area contributed by atoms with Crippen LogP contribution in [0, 0.1) is 10.1 Å². The van der Waals surface area contributed by atoms with Gasteiger partial charge in [-0.2, -0.15) is 0 Å². The number of fused-ring (bicyclic) bond motifs is 1. The van der Waals surface area contributed by atoms with Gasteiger partial charge in [0, 0.05) is 11.8 Å². The summed E-state index contributed by atoms with van der Waals surface area (Å²) in [5, 5.41) is 25.3. The van der Waals surface area contributed by atoms with E-state index in [-0.39, 0.29) is 16.9 Å². The number of nitro groups is 1. The lowest BCUT2D eigenvalue weighted by molar-refractivity contribution is -0.383. The first-order valence-electron chi connectivity index (χ1n) is 6.83. The first-order valence-corrected chi connectivity index (χ1v) is 6.83. The number of benzene rings is 3. The molecular weight excluding hydrogens is 296 g/mol. The zero-order chi connectivity index (χ0) is 16.4. The van der Waals surface area contributed by atoms with Crippen molar-refractivity contribution in [1.82, 2.24) is 0 Å². The van der Waals surface area contributed by atoms with Crippen LogP contribution in [0.25, 0.3) is 10.8 Å². The van der Waals surface area contributed by atoms with Gasteiger partial charge in [-0.25, -0.2) is 4.79 Å². The lowest BCUT2D eigenvalue weighted by atomic mass is 10.1. The minimum atomic E-state index is -1.23. The lowest BCUT2D eigenvalue weighted by Crippen LogP contribution is -2.05. The minimum absolute atomic E-state index is 0.0275. The van der Waals surface area contributed by atoms with Crippen LogP contribution in [0.15, 0.2) is 60.7 Å². The zero-order valence-corrected chi connectivity index (χ0v) is 11.9. The van der Waals surface area contributed by atoms with Crippen LogP contribution in [0.3, 0.4) is 0 Å². The number of para-hydroxylation sites is 1. The normalized spacial score (nSPS) is 10.4. The molecule has 0 aliphatic heterocycles. The predicted octanol–water partition coefficient (Wildman–Crippen LogP) is 4.19. The van der Waals surface area contributed by atoms with Crippen LogP contribution in [0.1, 0.15) is 10.4 Å². The van der Waals surface area contributed by atoms with E-state index >= 15 is 0 Å². The summed E-state index contributed by atoms with van der Waals surface area (Å²) in [4.78, 5) is 21.9. The molecule has 23 heavy (non-hydrogen) atoms. The van der Waals surface area contributed by atoms with Gasteiger partial charge in [0.2, 0.25) is 0 Å². The van der Waals surface area contributed by atoms with Crippen molar-refractivity contribution >= 4 is 33.8 Å². The molecule has 0 bridgehead atoms. The summed E-state index contributed by atoms with van der Waals surface area (Å²) < 4.78 is 0. The Bertz CT molecular complexity index is 889. The summed E-state index contributed by atoms with van der Waals surface area (Å²) in [7, 11) is 0. The SMILES string of the molecule is O=C(O)c1cccc([N+](=O)[O-])c1Nc1ccc2ccccc2c1. The van der Waals surface area contributed by atoms with Crippen LogP contribution in [-0.2, 0) is 0 Å². The van der Waals surface area contributed by atoms with Gasteiger partial charge in [-0.15, -0.1) is 0 Å². The van der Waals surface area contributed by atoms with E-state index in [0.717, 1.165) is 10.8 Å². The van der Waals surface area contributed by atoms with Crippen molar-refractivity contribution in [2.24, 2.45) is 0 Å². The van der Waals surface area contributed by atoms with Gasteiger partial charge < -0.3 is 10.4 Å². The maximum absolute atomic E-state index is 11.3. The quantitative estimate of drug-likeness (QED) is 0.557. The largest absolute Gasteiger partial charge is 0.478 e. The van der Waals surface area contributed by atoms with Crippen LogP contribution in [0.5, 0.6) is 0 Å². The Labute approximate surface area is 131 Å².